The molecular formula is C14H14BrFN2O. The van der Waals surface area contributed by atoms with E-state index in [0.717, 1.165) is 17.1 Å². The van der Waals surface area contributed by atoms with Crippen LogP contribution in [0.3, 0.4) is 0 Å². The number of anilines is 3. The van der Waals surface area contributed by atoms with Crippen molar-refractivity contribution in [1.82, 2.24) is 0 Å². The summed E-state index contributed by atoms with van der Waals surface area (Å²) in [4.78, 5) is 1.88. The van der Waals surface area contributed by atoms with E-state index in [1.807, 2.05) is 36.2 Å². The number of hydrogen-bond donors (Lipinski definition) is 1. The van der Waals surface area contributed by atoms with E-state index in [0.29, 0.717) is 10.2 Å². The van der Waals surface area contributed by atoms with Crippen LogP contribution in [0.25, 0.3) is 0 Å². The van der Waals surface area contributed by atoms with E-state index in [2.05, 4.69) is 15.9 Å². The summed E-state index contributed by atoms with van der Waals surface area (Å²) in [6.07, 6.45) is 0. The van der Waals surface area contributed by atoms with Gasteiger partial charge in [-0.2, -0.15) is 0 Å². The molecule has 0 aliphatic carbocycles. The molecule has 2 N–H and O–H groups in total. The van der Waals surface area contributed by atoms with Gasteiger partial charge in [0.05, 0.1) is 23.0 Å². The molecule has 0 spiro atoms. The fraction of sp³-hybridized carbons (Fsp3) is 0.143. The smallest absolute Gasteiger partial charge is 0.139 e. The molecule has 0 aliphatic heterocycles. The first kappa shape index (κ1) is 13.7. The predicted octanol–water partition coefficient (Wildman–Crippen LogP) is 3.95. The second kappa shape index (κ2) is 5.48. The SMILES string of the molecule is COc1cccc(N(C)c2cc(Br)c(F)cc2N)c1. The molecule has 2 aromatic carbocycles. The van der Waals surface area contributed by atoms with Gasteiger partial charge in [0.25, 0.3) is 0 Å². The molecule has 0 radical (unpaired) electrons. The van der Waals surface area contributed by atoms with Gasteiger partial charge in [0.2, 0.25) is 0 Å². The Morgan fingerprint density at radius 3 is 2.68 bits per heavy atom. The fourth-order valence-corrected chi connectivity index (χ4v) is 2.13. The summed E-state index contributed by atoms with van der Waals surface area (Å²) in [5, 5.41) is 0. The molecule has 0 saturated heterocycles. The van der Waals surface area contributed by atoms with Crippen LogP contribution in [-0.4, -0.2) is 14.2 Å². The molecule has 19 heavy (non-hydrogen) atoms. The van der Waals surface area contributed by atoms with E-state index in [-0.39, 0.29) is 5.82 Å². The summed E-state index contributed by atoms with van der Waals surface area (Å²) in [6, 6.07) is 10.5. The van der Waals surface area contributed by atoms with Gasteiger partial charge in [0, 0.05) is 24.9 Å². The van der Waals surface area contributed by atoms with Crippen LogP contribution in [0.15, 0.2) is 40.9 Å². The first-order valence-electron chi connectivity index (χ1n) is 5.65. The van der Waals surface area contributed by atoms with Crippen molar-refractivity contribution < 1.29 is 9.13 Å². The minimum atomic E-state index is -0.375. The van der Waals surface area contributed by atoms with Gasteiger partial charge < -0.3 is 15.4 Å². The van der Waals surface area contributed by atoms with Crippen LogP contribution in [0.1, 0.15) is 0 Å². The van der Waals surface area contributed by atoms with Gasteiger partial charge >= 0.3 is 0 Å². The molecule has 2 rings (SSSR count). The summed E-state index contributed by atoms with van der Waals surface area (Å²) in [5.41, 5.74) is 7.88. The van der Waals surface area contributed by atoms with Crippen molar-refractivity contribution in [1.29, 1.82) is 0 Å². The Bertz CT molecular complexity index is 604. The minimum Gasteiger partial charge on any atom is -0.497 e. The van der Waals surface area contributed by atoms with Crippen molar-refractivity contribution in [3.05, 3.63) is 46.7 Å². The van der Waals surface area contributed by atoms with Gasteiger partial charge in [0.1, 0.15) is 11.6 Å². The summed E-state index contributed by atoms with van der Waals surface area (Å²) in [5.74, 6) is 0.379. The maximum atomic E-state index is 13.4. The first-order chi connectivity index (χ1) is 9.02. The quantitative estimate of drug-likeness (QED) is 0.869. The maximum Gasteiger partial charge on any atom is 0.139 e. The summed E-state index contributed by atoms with van der Waals surface area (Å²) >= 11 is 3.17. The number of rotatable bonds is 3. The fourth-order valence-electron chi connectivity index (χ4n) is 1.80. The average Bonchev–Trinajstić information content (AvgIpc) is 2.42. The van der Waals surface area contributed by atoms with Crippen molar-refractivity contribution in [2.24, 2.45) is 0 Å². The van der Waals surface area contributed by atoms with Crippen LogP contribution in [0.4, 0.5) is 21.5 Å². The third-order valence-corrected chi connectivity index (χ3v) is 3.48. The van der Waals surface area contributed by atoms with Crippen molar-refractivity contribution in [3.63, 3.8) is 0 Å². The Balaban J connectivity index is 2.43. The van der Waals surface area contributed by atoms with Crippen molar-refractivity contribution in [3.8, 4) is 5.75 Å². The molecule has 0 bridgehead atoms. The number of benzene rings is 2. The summed E-state index contributed by atoms with van der Waals surface area (Å²) in [7, 11) is 3.48. The highest BCUT2D eigenvalue weighted by Gasteiger charge is 2.12. The van der Waals surface area contributed by atoms with Crippen molar-refractivity contribution in [2.45, 2.75) is 0 Å². The zero-order chi connectivity index (χ0) is 14.0. The molecule has 3 nitrogen and oxygen atoms in total. The number of halogens is 2. The summed E-state index contributed by atoms with van der Waals surface area (Å²) in [6.45, 7) is 0. The third kappa shape index (κ3) is 2.81. The highest BCUT2D eigenvalue weighted by molar-refractivity contribution is 9.10. The number of nitrogens with two attached hydrogens (primary N) is 1. The lowest BCUT2D eigenvalue weighted by Gasteiger charge is -2.22. The number of hydrogen-bond acceptors (Lipinski definition) is 3. The van der Waals surface area contributed by atoms with E-state index in [1.54, 1.807) is 13.2 Å². The topological polar surface area (TPSA) is 38.5 Å². The third-order valence-electron chi connectivity index (χ3n) is 2.87. The molecule has 100 valence electrons. The molecule has 0 fully saturated rings. The maximum absolute atomic E-state index is 13.4. The molecule has 5 heteroatoms. The molecule has 0 amide bonds. The van der Waals surface area contributed by atoms with Crippen LogP contribution in [-0.2, 0) is 0 Å². The van der Waals surface area contributed by atoms with Crippen LogP contribution < -0.4 is 15.4 Å². The molecule has 2 aromatic rings. The number of methoxy groups -OCH3 is 1. The number of nitrogen functional groups attached to an aromatic ring is 1. The van der Waals surface area contributed by atoms with E-state index in [9.17, 15) is 4.39 Å². The largest absolute Gasteiger partial charge is 0.497 e. The molecule has 0 saturated carbocycles. The van der Waals surface area contributed by atoms with E-state index < -0.39 is 0 Å². The van der Waals surface area contributed by atoms with Crippen LogP contribution in [0.5, 0.6) is 5.75 Å². The zero-order valence-electron chi connectivity index (χ0n) is 10.7. The first-order valence-corrected chi connectivity index (χ1v) is 6.44. The summed E-state index contributed by atoms with van der Waals surface area (Å²) < 4.78 is 18.9. The van der Waals surface area contributed by atoms with E-state index >= 15 is 0 Å². The van der Waals surface area contributed by atoms with Crippen molar-refractivity contribution >= 4 is 33.0 Å². The monoisotopic (exact) mass is 324 g/mol. The van der Waals surface area contributed by atoms with Crippen LogP contribution >= 0.6 is 15.9 Å². The second-order valence-corrected chi connectivity index (χ2v) is 4.94. The van der Waals surface area contributed by atoms with Crippen molar-refractivity contribution in [2.75, 3.05) is 24.8 Å². The molecule has 0 unspecified atom stereocenters. The average molecular weight is 325 g/mol. The normalized spacial score (nSPS) is 10.3. The highest BCUT2D eigenvalue weighted by atomic mass is 79.9. The van der Waals surface area contributed by atoms with E-state index in [4.69, 9.17) is 10.5 Å². The van der Waals surface area contributed by atoms with Crippen LogP contribution in [0, 0.1) is 5.82 Å². The van der Waals surface area contributed by atoms with Gasteiger partial charge in [0.15, 0.2) is 0 Å². The molecule has 0 aromatic heterocycles. The Morgan fingerprint density at radius 1 is 1.26 bits per heavy atom. The van der Waals surface area contributed by atoms with Gasteiger partial charge in [-0.1, -0.05) is 6.07 Å². The zero-order valence-corrected chi connectivity index (χ0v) is 12.2. The minimum absolute atomic E-state index is 0.375. The van der Waals surface area contributed by atoms with Gasteiger partial charge in [-0.05, 0) is 34.1 Å². The van der Waals surface area contributed by atoms with Gasteiger partial charge in [-0.3, -0.25) is 0 Å². The Hall–Kier alpha value is -1.75. The Labute approximate surface area is 119 Å². The molecular weight excluding hydrogens is 311 g/mol. The van der Waals surface area contributed by atoms with Gasteiger partial charge in [-0.15, -0.1) is 0 Å². The molecule has 0 atom stereocenters. The second-order valence-electron chi connectivity index (χ2n) is 4.09. The standard InChI is InChI=1S/C14H14BrFN2O/c1-18(9-4-3-5-10(6-9)19-2)14-7-11(15)12(16)8-13(14)17/h3-8H,17H2,1-2H3. The predicted molar refractivity (Wildman–Crippen MR) is 79.6 cm³/mol. The lowest BCUT2D eigenvalue weighted by molar-refractivity contribution is 0.415. The van der Waals surface area contributed by atoms with Crippen LogP contribution in [0.2, 0.25) is 0 Å². The highest BCUT2D eigenvalue weighted by Crippen LogP contribution is 2.34. The Morgan fingerprint density at radius 2 is 2.00 bits per heavy atom. The van der Waals surface area contributed by atoms with Gasteiger partial charge in [-0.25, -0.2) is 4.39 Å². The lowest BCUT2D eigenvalue weighted by Crippen LogP contribution is -2.12. The Kier molecular flexibility index (Phi) is 3.95. The number of nitrogens with zero attached hydrogens (tertiary/aromatic N) is 1. The molecule has 0 heterocycles. The van der Waals surface area contributed by atoms with E-state index in [1.165, 1.54) is 6.07 Å². The lowest BCUT2D eigenvalue weighted by atomic mass is 10.2. The molecule has 0 aliphatic rings. The number of ether oxygens (including phenoxy) is 1.